The van der Waals surface area contributed by atoms with Crippen molar-refractivity contribution < 1.29 is 0 Å². The van der Waals surface area contributed by atoms with Gasteiger partial charge in [-0.2, -0.15) is 0 Å². The first kappa shape index (κ1) is 12.8. The van der Waals surface area contributed by atoms with Gasteiger partial charge < -0.3 is 0 Å². The Kier molecular flexibility index (Phi) is 2.97. The van der Waals surface area contributed by atoms with Crippen LogP contribution in [0.3, 0.4) is 0 Å². The summed E-state index contributed by atoms with van der Waals surface area (Å²) in [6.45, 7) is 2.20. The van der Waals surface area contributed by atoms with Gasteiger partial charge in [0.05, 0.1) is 0 Å². The van der Waals surface area contributed by atoms with Crippen LogP contribution in [0.2, 0.25) is 0 Å². The lowest BCUT2D eigenvalue weighted by molar-refractivity contribution is 1.19. The summed E-state index contributed by atoms with van der Waals surface area (Å²) in [6.07, 6.45) is 3.37. The molecule has 102 valence electrons. The van der Waals surface area contributed by atoms with Crippen LogP contribution in [0.5, 0.6) is 0 Å². The number of benzene rings is 3. The minimum Gasteiger partial charge on any atom is -0.0683 e. The molecule has 0 N–H and O–H groups in total. The van der Waals surface area contributed by atoms with Crippen molar-refractivity contribution in [2.45, 2.75) is 13.3 Å². The zero-order valence-electron chi connectivity index (χ0n) is 11.9. The first-order valence-electron chi connectivity index (χ1n) is 7.21. The standard InChI is InChI=1S/C20H15Br/c1-13-11-15-9-10-18(20(21)19(15)12-13)17-8-4-6-14-5-2-3-7-16(14)17/h2-10,12H,11H2,1H3. The Balaban J connectivity index is 2.00. The predicted molar refractivity (Wildman–Crippen MR) is 94.4 cm³/mol. The van der Waals surface area contributed by atoms with Gasteiger partial charge in [0.15, 0.2) is 0 Å². The topological polar surface area (TPSA) is 0 Å². The summed E-state index contributed by atoms with van der Waals surface area (Å²) in [5.74, 6) is 0. The van der Waals surface area contributed by atoms with Crippen molar-refractivity contribution in [2.75, 3.05) is 0 Å². The Morgan fingerprint density at radius 2 is 1.67 bits per heavy atom. The van der Waals surface area contributed by atoms with Gasteiger partial charge in [0.25, 0.3) is 0 Å². The van der Waals surface area contributed by atoms with Gasteiger partial charge in [-0.1, -0.05) is 66.2 Å². The quantitative estimate of drug-likeness (QED) is 0.494. The molecule has 0 saturated heterocycles. The Morgan fingerprint density at radius 1 is 0.857 bits per heavy atom. The third-order valence-electron chi connectivity index (χ3n) is 4.21. The highest BCUT2D eigenvalue weighted by Gasteiger charge is 2.16. The van der Waals surface area contributed by atoms with Crippen molar-refractivity contribution in [2.24, 2.45) is 0 Å². The Bertz CT molecular complexity index is 882. The van der Waals surface area contributed by atoms with Crippen LogP contribution < -0.4 is 0 Å². The summed E-state index contributed by atoms with van der Waals surface area (Å²) in [6, 6.07) is 19.6. The molecule has 0 heterocycles. The van der Waals surface area contributed by atoms with E-state index >= 15 is 0 Å². The number of hydrogen-bond donors (Lipinski definition) is 0. The number of hydrogen-bond acceptors (Lipinski definition) is 0. The summed E-state index contributed by atoms with van der Waals surface area (Å²) in [5, 5.41) is 2.59. The molecule has 0 fully saturated rings. The smallest absolute Gasteiger partial charge is 0.0329 e. The highest BCUT2D eigenvalue weighted by atomic mass is 79.9. The Labute approximate surface area is 133 Å². The van der Waals surface area contributed by atoms with Crippen molar-refractivity contribution in [1.82, 2.24) is 0 Å². The van der Waals surface area contributed by atoms with Crippen LogP contribution in [-0.4, -0.2) is 0 Å². The highest BCUT2D eigenvalue weighted by molar-refractivity contribution is 9.10. The summed E-state index contributed by atoms with van der Waals surface area (Å²) in [7, 11) is 0. The number of rotatable bonds is 1. The van der Waals surface area contributed by atoms with Crippen LogP contribution >= 0.6 is 15.9 Å². The molecule has 0 saturated carbocycles. The van der Waals surface area contributed by atoms with Crippen molar-refractivity contribution in [3.05, 3.63) is 75.8 Å². The monoisotopic (exact) mass is 334 g/mol. The van der Waals surface area contributed by atoms with Gasteiger partial charge in [0.2, 0.25) is 0 Å². The first-order chi connectivity index (χ1) is 10.2. The zero-order chi connectivity index (χ0) is 14.4. The van der Waals surface area contributed by atoms with Gasteiger partial charge in [-0.25, -0.2) is 0 Å². The molecule has 1 heteroatoms. The normalized spacial score (nSPS) is 13.3. The second-order valence-electron chi connectivity index (χ2n) is 5.69. The van der Waals surface area contributed by atoms with Crippen LogP contribution in [0, 0.1) is 0 Å². The number of halogens is 1. The predicted octanol–water partition coefficient (Wildman–Crippen LogP) is 6.23. The molecule has 0 amide bonds. The van der Waals surface area contributed by atoms with E-state index in [2.05, 4.69) is 83.5 Å². The van der Waals surface area contributed by atoms with Crippen molar-refractivity contribution >= 4 is 32.8 Å². The lowest BCUT2D eigenvalue weighted by Crippen LogP contribution is -1.89. The van der Waals surface area contributed by atoms with Crippen LogP contribution in [0.25, 0.3) is 28.0 Å². The van der Waals surface area contributed by atoms with E-state index in [1.54, 1.807) is 0 Å². The van der Waals surface area contributed by atoms with E-state index in [1.165, 1.54) is 43.1 Å². The molecular formula is C20H15Br. The van der Waals surface area contributed by atoms with E-state index in [-0.39, 0.29) is 0 Å². The molecule has 0 radical (unpaired) electrons. The van der Waals surface area contributed by atoms with Gasteiger partial charge >= 0.3 is 0 Å². The molecule has 0 nitrogen and oxygen atoms in total. The average molecular weight is 335 g/mol. The molecule has 0 aliphatic heterocycles. The summed E-state index contributed by atoms with van der Waals surface area (Å²) < 4.78 is 1.22. The van der Waals surface area contributed by atoms with E-state index in [0.29, 0.717) is 0 Å². The first-order valence-corrected chi connectivity index (χ1v) is 8.00. The lowest BCUT2D eigenvalue weighted by Gasteiger charge is -2.12. The third-order valence-corrected chi connectivity index (χ3v) is 5.06. The zero-order valence-corrected chi connectivity index (χ0v) is 13.4. The van der Waals surface area contributed by atoms with E-state index in [4.69, 9.17) is 0 Å². The summed E-state index contributed by atoms with van der Waals surface area (Å²) >= 11 is 3.84. The maximum absolute atomic E-state index is 3.84. The lowest BCUT2D eigenvalue weighted by atomic mass is 9.96. The number of fused-ring (bicyclic) bond motifs is 2. The molecular weight excluding hydrogens is 320 g/mol. The SMILES string of the molecule is CC1=Cc2c(ccc(-c3cccc4ccccc34)c2Br)C1. The second-order valence-corrected chi connectivity index (χ2v) is 6.49. The van der Waals surface area contributed by atoms with Crippen LogP contribution in [0.4, 0.5) is 0 Å². The average Bonchev–Trinajstić information content (AvgIpc) is 2.89. The van der Waals surface area contributed by atoms with Gasteiger partial charge in [-0.3, -0.25) is 0 Å². The van der Waals surface area contributed by atoms with Crippen LogP contribution in [0.1, 0.15) is 18.1 Å². The van der Waals surface area contributed by atoms with E-state index in [1.807, 2.05) is 0 Å². The van der Waals surface area contributed by atoms with Crippen LogP contribution in [0.15, 0.2) is 64.6 Å². The maximum Gasteiger partial charge on any atom is 0.0329 e. The Morgan fingerprint density at radius 3 is 2.57 bits per heavy atom. The molecule has 0 aromatic heterocycles. The molecule has 4 rings (SSSR count). The van der Waals surface area contributed by atoms with Gasteiger partial charge in [-0.15, -0.1) is 0 Å². The molecule has 1 aliphatic carbocycles. The molecule has 1 aliphatic rings. The third kappa shape index (κ3) is 2.04. The van der Waals surface area contributed by atoms with Crippen molar-refractivity contribution in [1.29, 1.82) is 0 Å². The number of allylic oxidation sites excluding steroid dienone is 1. The fourth-order valence-corrected chi connectivity index (χ4v) is 3.92. The van der Waals surface area contributed by atoms with Crippen LogP contribution in [-0.2, 0) is 6.42 Å². The summed E-state index contributed by atoms with van der Waals surface area (Å²) in [4.78, 5) is 0. The summed E-state index contributed by atoms with van der Waals surface area (Å²) in [5.41, 5.74) is 6.76. The Hall–Kier alpha value is -1.86. The fourth-order valence-electron chi connectivity index (χ4n) is 3.21. The minimum atomic E-state index is 1.07. The molecule has 21 heavy (non-hydrogen) atoms. The van der Waals surface area contributed by atoms with E-state index in [9.17, 15) is 0 Å². The van der Waals surface area contributed by atoms with E-state index in [0.717, 1.165) is 6.42 Å². The molecule has 3 aromatic rings. The van der Waals surface area contributed by atoms with Gasteiger partial charge in [0.1, 0.15) is 0 Å². The van der Waals surface area contributed by atoms with Gasteiger partial charge in [0, 0.05) is 4.47 Å². The largest absolute Gasteiger partial charge is 0.0683 e. The highest BCUT2D eigenvalue weighted by Crippen LogP contribution is 2.40. The fraction of sp³-hybridized carbons (Fsp3) is 0.100. The molecule has 0 atom stereocenters. The second kappa shape index (κ2) is 4.85. The van der Waals surface area contributed by atoms with Crippen molar-refractivity contribution in [3.8, 4) is 11.1 Å². The van der Waals surface area contributed by atoms with Gasteiger partial charge in [-0.05, 0) is 62.3 Å². The van der Waals surface area contributed by atoms with E-state index < -0.39 is 0 Å². The molecule has 0 bridgehead atoms. The molecule has 0 spiro atoms. The van der Waals surface area contributed by atoms with Crippen molar-refractivity contribution in [3.63, 3.8) is 0 Å². The molecule has 3 aromatic carbocycles. The molecule has 0 unspecified atom stereocenters. The minimum absolute atomic E-state index is 1.07. The maximum atomic E-state index is 3.84.